The molecule has 0 amide bonds. The average Bonchev–Trinajstić information content (AvgIpc) is 2.83. The minimum Gasteiger partial charge on any atom is -0.464 e. The second-order valence-corrected chi connectivity index (χ2v) is 11.4. The number of ether oxygens (including phenoxy) is 2. The number of esters is 1. The summed E-state index contributed by atoms with van der Waals surface area (Å²) in [6.45, 7) is 8.76. The van der Waals surface area contributed by atoms with Gasteiger partial charge in [0.2, 0.25) is 0 Å². The highest BCUT2D eigenvalue weighted by Gasteiger charge is 2.38. The Bertz CT molecular complexity index is 1290. The van der Waals surface area contributed by atoms with Gasteiger partial charge in [0.05, 0.1) is 12.1 Å². The predicted octanol–water partition coefficient (Wildman–Crippen LogP) is 7.11. The molecule has 0 aliphatic carbocycles. The van der Waals surface area contributed by atoms with Gasteiger partial charge in [-0.25, -0.2) is 9.78 Å². The minimum atomic E-state index is -0.495. The van der Waals surface area contributed by atoms with Crippen LogP contribution in [0.25, 0.3) is 11.1 Å². The van der Waals surface area contributed by atoms with Crippen LogP contribution in [-0.2, 0) is 4.74 Å². The van der Waals surface area contributed by atoms with Crippen molar-refractivity contribution in [1.29, 1.82) is 0 Å². The molecule has 0 bridgehead atoms. The summed E-state index contributed by atoms with van der Waals surface area (Å²) in [6, 6.07) is 16.1. The van der Waals surface area contributed by atoms with Gasteiger partial charge >= 0.3 is 5.97 Å². The summed E-state index contributed by atoms with van der Waals surface area (Å²) in [7, 11) is 1.32. The van der Waals surface area contributed by atoms with Crippen LogP contribution in [0.5, 0.6) is 11.5 Å². The van der Waals surface area contributed by atoms with E-state index >= 15 is 0 Å². The fourth-order valence-corrected chi connectivity index (χ4v) is 5.73. The highest BCUT2D eigenvalue weighted by molar-refractivity contribution is 6.32. The number of carbonyl (C=O) groups excluding carboxylic acids is 2. The van der Waals surface area contributed by atoms with E-state index in [0.29, 0.717) is 34.4 Å². The summed E-state index contributed by atoms with van der Waals surface area (Å²) in [6.07, 6.45) is 3.98. The van der Waals surface area contributed by atoms with Crippen LogP contribution in [-0.4, -0.2) is 34.9 Å². The smallest absolute Gasteiger partial charge is 0.356 e. The van der Waals surface area contributed by atoms with E-state index in [1.807, 2.05) is 24.3 Å². The minimum absolute atomic E-state index is 0.00935. The van der Waals surface area contributed by atoms with E-state index < -0.39 is 5.97 Å². The second-order valence-electron chi connectivity index (χ2n) is 11.0. The number of ketones is 1. The van der Waals surface area contributed by atoms with Crippen LogP contribution in [0.1, 0.15) is 67.8 Å². The van der Waals surface area contributed by atoms with Gasteiger partial charge in [0.15, 0.2) is 5.78 Å². The van der Waals surface area contributed by atoms with Crippen molar-refractivity contribution < 1.29 is 19.1 Å². The summed E-state index contributed by atoms with van der Waals surface area (Å²) >= 11 is 6.58. The lowest BCUT2D eigenvalue weighted by Gasteiger charge is -2.46. The lowest BCUT2D eigenvalue weighted by atomic mass is 9.74. The summed E-state index contributed by atoms with van der Waals surface area (Å²) in [4.78, 5) is 29.0. The zero-order valence-electron chi connectivity index (χ0n) is 21.9. The number of para-hydroxylation sites is 1. The van der Waals surface area contributed by atoms with Gasteiger partial charge in [-0.2, -0.15) is 0 Å². The molecule has 0 saturated carbocycles. The lowest BCUT2D eigenvalue weighted by molar-refractivity contribution is 0.0593. The van der Waals surface area contributed by atoms with Crippen LogP contribution < -0.4 is 10.1 Å². The van der Waals surface area contributed by atoms with E-state index in [1.165, 1.54) is 7.11 Å². The molecule has 1 aliphatic rings. The van der Waals surface area contributed by atoms with Crippen molar-refractivity contribution in [2.75, 3.05) is 7.11 Å². The van der Waals surface area contributed by atoms with E-state index in [-0.39, 0.29) is 22.6 Å². The molecule has 0 spiro atoms. The molecule has 2 heterocycles. The molecule has 1 aliphatic heterocycles. The largest absolute Gasteiger partial charge is 0.464 e. The molecule has 37 heavy (non-hydrogen) atoms. The zero-order chi connectivity index (χ0) is 26.8. The van der Waals surface area contributed by atoms with Gasteiger partial charge in [0.1, 0.15) is 17.2 Å². The first-order valence-electron chi connectivity index (χ1n) is 12.4. The van der Waals surface area contributed by atoms with Gasteiger partial charge < -0.3 is 14.8 Å². The van der Waals surface area contributed by atoms with Crippen LogP contribution in [0.4, 0.5) is 0 Å². The first-order valence-corrected chi connectivity index (χ1v) is 12.8. The molecule has 2 aromatic carbocycles. The topological polar surface area (TPSA) is 77.5 Å². The van der Waals surface area contributed by atoms with Crippen molar-refractivity contribution in [3.05, 3.63) is 77.1 Å². The zero-order valence-corrected chi connectivity index (χ0v) is 22.7. The van der Waals surface area contributed by atoms with E-state index in [0.717, 1.165) is 24.0 Å². The average molecular weight is 521 g/mol. The molecule has 194 valence electrons. The number of nitrogens with one attached hydrogen (secondary N) is 1. The number of rotatable bonds is 7. The first-order chi connectivity index (χ1) is 17.5. The molecule has 1 aromatic heterocycles. The van der Waals surface area contributed by atoms with Crippen LogP contribution >= 0.6 is 11.6 Å². The van der Waals surface area contributed by atoms with Gasteiger partial charge in [0.25, 0.3) is 0 Å². The summed E-state index contributed by atoms with van der Waals surface area (Å²) in [5, 5.41) is 4.03. The van der Waals surface area contributed by atoms with Gasteiger partial charge in [-0.15, -0.1) is 0 Å². The van der Waals surface area contributed by atoms with Crippen molar-refractivity contribution in [2.24, 2.45) is 5.92 Å². The van der Waals surface area contributed by atoms with Crippen molar-refractivity contribution in [3.63, 3.8) is 0 Å². The molecular weight excluding hydrogens is 488 g/mol. The Labute approximate surface area is 223 Å². The highest BCUT2D eigenvalue weighted by atomic mass is 35.5. The second kappa shape index (κ2) is 10.6. The van der Waals surface area contributed by atoms with Gasteiger partial charge in [-0.1, -0.05) is 35.9 Å². The first kappa shape index (κ1) is 26.8. The Hall–Kier alpha value is -3.22. The monoisotopic (exact) mass is 520 g/mol. The number of piperidine rings is 1. The Kier molecular flexibility index (Phi) is 7.72. The van der Waals surface area contributed by atoms with Crippen LogP contribution in [0.3, 0.4) is 0 Å². The molecule has 4 rings (SSSR count). The SMILES string of the molecule is COC(=O)c1ccc(-c2ccccc2Oc2ccc(C(=O)CC3CC(C)(C)NC(C)(C)C3)cc2Cl)cn1. The van der Waals surface area contributed by atoms with E-state index in [1.54, 1.807) is 36.5 Å². The van der Waals surface area contributed by atoms with Crippen LogP contribution in [0.15, 0.2) is 60.8 Å². The molecule has 6 nitrogen and oxygen atoms in total. The fraction of sp³-hybridized carbons (Fsp3) is 0.367. The third-order valence-electron chi connectivity index (χ3n) is 6.58. The Morgan fingerprint density at radius 2 is 1.70 bits per heavy atom. The highest BCUT2D eigenvalue weighted by Crippen LogP contribution is 2.38. The molecule has 1 saturated heterocycles. The summed E-state index contributed by atoms with van der Waals surface area (Å²) < 4.78 is 10.9. The maximum atomic E-state index is 13.1. The van der Waals surface area contributed by atoms with Crippen molar-refractivity contribution in [1.82, 2.24) is 10.3 Å². The standard InChI is InChI=1S/C30H33ClN2O4/c1-29(2)16-19(17-30(3,4)33-29)14-25(34)20-11-13-27(23(31)15-20)37-26-9-7-6-8-22(26)21-10-12-24(32-18-21)28(35)36-5/h6-13,15,18-19,33H,14,16-17H2,1-5H3. The third-order valence-corrected chi connectivity index (χ3v) is 6.87. The summed E-state index contributed by atoms with van der Waals surface area (Å²) in [5.74, 6) is 0.929. The Balaban J connectivity index is 1.50. The Morgan fingerprint density at radius 3 is 2.32 bits per heavy atom. The van der Waals surface area contributed by atoms with Crippen molar-refractivity contribution >= 4 is 23.4 Å². The van der Waals surface area contributed by atoms with Crippen molar-refractivity contribution in [3.8, 4) is 22.6 Å². The fourth-order valence-electron chi connectivity index (χ4n) is 5.51. The number of carbonyl (C=O) groups is 2. The number of hydrogen-bond donors (Lipinski definition) is 1. The van der Waals surface area contributed by atoms with Crippen LogP contribution in [0.2, 0.25) is 5.02 Å². The number of methoxy groups -OCH3 is 1. The molecular formula is C30H33ClN2O4. The maximum absolute atomic E-state index is 13.1. The van der Waals surface area contributed by atoms with E-state index in [4.69, 9.17) is 21.1 Å². The molecule has 3 aromatic rings. The normalized spacial score (nSPS) is 16.7. The van der Waals surface area contributed by atoms with Gasteiger partial charge in [-0.05, 0) is 76.8 Å². The van der Waals surface area contributed by atoms with E-state index in [2.05, 4.69) is 38.0 Å². The molecule has 0 atom stereocenters. The van der Waals surface area contributed by atoms with E-state index in [9.17, 15) is 9.59 Å². The predicted molar refractivity (Wildman–Crippen MR) is 146 cm³/mol. The quantitative estimate of drug-likeness (QED) is 0.264. The number of nitrogens with zero attached hydrogens (tertiary/aromatic N) is 1. The van der Waals surface area contributed by atoms with Gasteiger partial charge in [0, 0.05) is 40.4 Å². The number of halogens is 1. The third kappa shape index (κ3) is 6.56. The maximum Gasteiger partial charge on any atom is 0.356 e. The van der Waals surface area contributed by atoms with Gasteiger partial charge in [-0.3, -0.25) is 4.79 Å². The lowest BCUT2D eigenvalue weighted by Crippen LogP contribution is -2.57. The molecule has 7 heteroatoms. The Morgan fingerprint density at radius 1 is 1.00 bits per heavy atom. The molecule has 0 unspecified atom stereocenters. The number of hydrogen-bond acceptors (Lipinski definition) is 6. The molecule has 1 N–H and O–H groups in total. The number of pyridine rings is 1. The molecule has 1 fully saturated rings. The summed E-state index contributed by atoms with van der Waals surface area (Å²) in [5.41, 5.74) is 2.36. The van der Waals surface area contributed by atoms with Crippen LogP contribution in [0, 0.1) is 5.92 Å². The number of Topliss-reactive ketones (excluding diaryl/α,β-unsaturated/α-hetero) is 1. The molecule has 0 radical (unpaired) electrons. The van der Waals surface area contributed by atoms with Crippen molar-refractivity contribution in [2.45, 2.75) is 58.0 Å². The number of benzene rings is 2. The number of aromatic nitrogens is 1.